The molecule has 0 radical (unpaired) electrons. The van der Waals surface area contributed by atoms with E-state index in [1.165, 1.54) is 0 Å². The quantitative estimate of drug-likeness (QED) is 0.432. The SMILES string of the molecule is C=CCN(C(=O)[C@@H]1[C@H]2C(=O)N([C@@H](CC)CO)C(C(=O)N(CC=C)C(C)C)C23CC[C@@]1(C)S3)c1ccccc1. The maximum Gasteiger partial charge on any atom is 0.247 e. The number of anilines is 1. The molecule has 3 fully saturated rings. The molecule has 1 spiro atoms. The summed E-state index contributed by atoms with van der Waals surface area (Å²) >= 11 is 1.66. The predicted molar refractivity (Wildman–Crippen MR) is 153 cm³/mol. The summed E-state index contributed by atoms with van der Waals surface area (Å²) in [6.45, 7) is 16.1. The van der Waals surface area contributed by atoms with Gasteiger partial charge in [0.15, 0.2) is 0 Å². The van der Waals surface area contributed by atoms with Gasteiger partial charge in [0.05, 0.1) is 29.2 Å². The van der Waals surface area contributed by atoms with Crippen LogP contribution in [0.25, 0.3) is 0 Å². The summed E-state index contributed by atoms with van der Waals surface area (Å²) in [7, 11) is 0. The Kier molecular flexibility index (Phi) is 8.15. The largest absolute Gasteiger partial charge is 0.394 e. The van der Waals surface area contributed by atoms with Gasteiger partial charge in [0, 0.05) is 29.6 Å². The normalized spacial score (nSPS) is 30.3. The van der Waals surface area contributed by atoms with Gasteiger partial charge in [-0.05, 0) is 52.2 Å². The fraction of sp³-hybridized carbons (Fsp3) is 0.567. The number of thioether (sulfide) groups is 1. The molecule has 0 aromatic heterocycles. The van der Waals surface area contributed by atoms with Crippen LogP contribution >= 0.6 is 11.8 Å². The van der Waals surface area contributed by atoms with Gasteiger partial charge in [0.2, 0.25) is 17.7 Å². The van der Waals surface area contributed by atoms with E-state index in [2.05, 4.69) is 20.1 Å². The summed E-state index contributed by atoms with van der Waals surface area (Å²) in [5.74, 6) is -1.65. The lowest BCUT2D eigenvalue weighted by Gasteiger charge is -2.40. The average Bonchev–Trinajstić information content (AvgIpc) is 3.47. The number of aliphatic hydroxyl groups excluding tert-OH is 1. The lowest BCUT2D eigenvalue weighted by Crippen LogP contribution is -2.58. The Balaban J connectivity index is 1.83. The first-order chi connectivity index (χ1) is 18.1. The number of hydrogen-bond acceptors (Lipinski definition) is 5. The number of para-hydroxylation sites is 1. The highest BCUT2D eigenvalue weighted by Gasteiger charge is 2.78. The number of likely N-dealkylation sites (tertiary alicyclic amines) is 1. The van der Waals surface area contributed by atoms with E-state index in [1.54, 1.807) is 38.6 Å². The summed E-state index contributed by atoms with van der Waals surface area (Å²) in [5, 5.41) is 10.3. The van der Waals surface area contributed by atoms with E-state index in [0.29, 0.717) is 25.9 Å². The first kappa shape index (κ1) is 28.4. The average molecular weight is 540 g/mol. The highest BCUT2D eigenvalue weighted by atomic mass is 32.2. The van der Waals surface area contributed by atoms with Crippen molar-refractivity contribution in [2.75, 3.05) is 24.6 Å². The van der Waals surface area contributed by atoms with E-state index in [4.69, 9.17) is 0 Å². The zero-order valence-electron chi connectivity index (χ0n) is 23.0. The molecular weight excluding hydrogens is 498 g/mol. The number of hydrogen-bond donors (Lipinski definition) is 1. The molecule has 3 aliphatic rings. The van der Waals surface area contributed by atoms with Gasteiger partial charge < -0.3 is 19.8 Å². The van der Waals surface area contributed by atoms with Crippen LogP contribution in [-0.4, -0.2) is 79.9 Å². The number of benzene rings is 1. The van der Waals surface area contributed by atoms with Crippen LogP contribution in [0.3, 0.4) is 0 Å². The molecule has 1 aromatic rings. The Hall–Kier alpha value is -2.58. The molecule has 2 bridgehead atoms. The second-order valence-electron chi connectivity index (χ2n) is 11.2. The molecule has 4 rings (SSSR count). The highest BCUT2D eigenvalue weighted by Crippen LogP contribution is 2.72. The molecule has 3 saturated heterocycles. The standard InChI is InChI=1S/C30H41N3O4S/c1-7-17-31(20(4)5)28(37)25-30-16-15-29(6,38-30)23(24(30)27(36)33(25)21(9-3)19-34)26(35)32(18-8-2)22-13-11-10-12-14-22/h7-8,10-14,20-21,23-25,34H,1-2,9,15-19H2,3-6H3/t21-,23-,24-,25?,29+,30?/m0/s1. The zero-order chi connectivity index (χ0) is 27.8. The smallest absolute Gasteiger partial charge is 0.247 e. The van der Waals surface area contributed by atoms with Gasteiger partial charge in [-0.3, -0.25) is 14.4 Å². The Morgan fingerprint density at radius 2 is 1.82 bits per heavy atom. The molecule has 38 heavy (non-hydrogen) atoms. The Labute approximate surface area is 230 Å². The van der Waals surface area contributed by atoms with Gasteiger partial charge in [-0.15, -0.1) is 24.9 Å². The minimum Gasteiger partial charge on any atom is -0.394 e. The van der Waals surface area contributed by atoms with Crippen molar-refractivity contribution in [1.82, 2.24) is 9.80 Å². The van der Waals surface area contributed by atoms with Crippen LogP contribution in [-0.2, 0) is 14.4 Å². The number of rotatable bonds is 11. The minimum atomic E-state index is -0.742. The highest BCUT2D eigenvalue weighted by molar-refractivity contribution is 8.02. The Bertz CT molecular complexity index is 1090. The number of fused-ring (bicyclic) bond motifs is 1. The second kappa shape index (κ2) is 10.9. The van der Waals surface area contributed by atoms with Gasteiger partial charge >= 0.3 is 0 Å². The van der Waals surface area contributed by atoms with Gasteiger partial charge in [-0.25, -0.2) is 0 Å². The third kappa shape index (κ3) is 4.30. The maximum atomic E-state index is 14.4. The van der Waals surface area contributed by atoms with Crippen LogP contribution < -0.4 is 4.90 Å². The molecule has 6 atom stereocenters. The number of carbonyl (C=O) groups excluding carboxylic acids is 3. The number of amides is 3. The predicted octanol–water partition coefficient (Wildman–Crippen LogP) is 3.88. The summed E-state index contributed by atoms with van der Waals surface area (Å²) in [4.78, 5) is 48.2. The number of aliphatic hydroxyl groups is 1. The second-order valence-corrected chi connectivity index (χ2v) is 13.1. The van der Waals surface area contributed by atoms with Crippen molar-refractivity contribution in [3.8, 4) is 0 Å². The van der Waals surface area contributed by atoms with Crippen LogP contribution in [0.2, 0.25) is 0 Å². The summed E-state index contributed by atoms with van der Waals surface area (Å²) in [6.07, 6.45) is 5.34. The summed E-state index contributed by atoms with van der Waals surface area (Å²) < 4.78 is -1.20. The Morgan fingerprint density at radius 3 is 2.37 bits per heavy atom. The van der Waals surface area contributed by atoms with Gasteiger partial charge in [-0.2, -0.15) is 0 Å². The fourth-order valence-corrected chi connectivity index (χ4v) is 9.24. The Morgan fingerprint density at radius 1 is 1.16 bits per heavy atom. The van der Waals surface area contributed by atoms with Crippen LogP contribution in [0, 0.1) is 11.8 Å². The van der Waals surface area contributed by atoms with Crippen LogP contribution in [0.1, 0.15) is 47.0 Å². The van der Waals surface area contributed by atoms with Crippen molar-refractivity contribution < 1.29 is 19.5 Å². The van der Waals surface area contributed by atoms with Gasteiger partial charge in [-0.1, -0.05) is 37.3 Å². The molecule has 1 N–H and O–H groups in total. The zero-order valence-corrected chi connectivity index (χ0v) is 23.8. The van der Waals surface area contributed by atoms with Crippen LogP contribution in [0.4, 0.5) is 5.69 Å². The first-order valence-corrected chi connectivity index (χ1v) is 14.4. The van der Waals surface area contributed by atoms with Crippen molar-refractivity contribution in [1.29, 1.82) is 0 Å². The molecule has 0 aliphatic carbocycles. The third-order valence-corrected chi connectivity index (χ3v) is 10.7. The number of nitrogens with zero attached hydrogens (tertiary/aromatic N) is 3. The molecule has 3 aliphatic heterocycles. The molecule has 3 heterocycles. The molecule has 2 unspecified atom stereocenters. The minimum absolute atomic E-state index is 0.0834. The van der Waals surface area contributed by atoms with Crippen molar-refractivity contribution >= 4 is 35.2 Å². The van der Waals surface area contributed by atoms with E-state index in [1.807, 2.05) is 51.1 Å². The molecule has 0 saturated carbocycles. The van der Waals surface area contributed by atoms with Crippen molar-refractivity contribution in [3.63, 3.8) is 0 Å². The molecule has 8 heteroatoms. The third-order valence-electron chi connectivity index (χ3n) is 8.67. The van der Waals surface area contributed by atoms with Crippen molar-refractivity contribution in [3.05, 3.63) is 55.6 Å². The maximum absolute atomic E-state index is 14.4. The van der Waals surface area contributed by atoms with Crippen LogP contribution in [0.15, 0.2) is 55.6 Å². The molecule has 206 valence electrons. The van der Waals surface area contributed by atoms with E-state index in [0.717, 1.165) is 12.1 Å². The monoisotopic (exact) mass is 539 g/mol. The summed E-state index contributed by atoms with van der Waals surface area (Å²) in [5.41, 5.74) is 0.761. The molecule has 1 aromatic carbocycles. The van der Waals surface area contributed by atoms with Crippen molar-refractivity contribution in [2.45, 2.75) is 74.6 Å². The fourth-order valence-electron chi connectivity index (χ4n) is 6.91. The van der Waals surface area contributed by atoms with E-state index >= 15 is 0 Å². The number of carbonyl (C=O) groups is 3. The summed E-state index contributed by atoms with van der Waals surface area (Å²) in [6, 6.07) is 8.16. The topological polar surface area (TPSA) is 81.2 Å². The first-order valence-electron chi connectivity index (χ1n) is 13.6. The molecule has 3 amide bonds. The van der Waals surface area contributed by atoms with E-state index < -0.39 is 33.4 Å². The molecule has 7 nitrogen and oxygen atoms in total. The van der Waals surface area contributed by atoms with Crippen molar-refractivity contribution in [2.24, 2.45) is 11.8 Å². The lowest BCUT2D eigenvalue weighted by molar-refractivity contribution is -0.146. The van der Waals surface area contributed by atoms with Gasteiger partial charge in [0.25, 0.3) is 0 Å². The van der Waals surface area contributed by atoms with E-state index in [9.17, 15) is 19.5 Å². The molecular formula is C30H41N3O4S. The van der Waals surface area contributed by atoms with Crippen LogP contribution in [0.5, 0.6) is 0 Å². The van der Waals surface area contributed by atoms with E-state index in [-0.39, 0.29) is 30.4 Å². The lowest BCUT2D eigenvalue weighted by atomic mass is 9.66. The van der Waals surface area contributed by atoms with Gasteiger partial charge in [0.1, 0.15) is 6.04 Å².